The average Bonchev–Trinajstić information content (AvgIpc) is 2.41. The van der Waals surface area contributed by atoms with E-state index >= 15 is 0 Å². The number of aromatic hydroxyl groups is 1. The first-order chi connectivity index (χ1) is 9.86. The third-order valence-electron chi connectivity index (χ3n) is 2.80. The highest BCUT2D eigenvalue weighted by Gasteiger charge is 2.29. The number of phenolic OH excluding ortho intramolecular Hbond substituents is 1. The lowest BCUT2D eigenvalue weighted by atomic mass is 10.2. The Balaban J connectivity index is 2.84. The zero-order chi connectivity index (χ0) is 15.9. The summed E-state index contributed by atoms with van der Waals surface area (Å²) in [6.07, 6.45) is 1.51. The number of carbonyl (C=O) groups excluding carboxylic acids is 1. The molecule has 1 atom stereocenters. The lowest BCUT2D eigenvalue weighted by Gasteiger charge is -2.24. The maximum atomic E-state index is 12.2. The van der Waals surface area contributed by atoms with Crippen molar-refractivity contribution in [3.8, 4) is 17.6 Å². The largest absolute Gasteiger partial charge is 0.507 e. The van der Waals surface area contributed by atoms with E-state index in [4.69, 9.17) is 16.3 Å². The fourth-order valence-corrected chi connectivity index (χ4v) is 2.69. The average molecular weight is 325 g/mol. The number of hydrogen-bond donors (Lipinski definition) is 1. The van der Waals surface area contributed by atoms with Gasteiger partial charge in [-0.1, -0.05) is 43.6 Å². The third kappa shape index (κ3) is 5.82. The molecule has 0 bridgehead atoms. The van der Waals surface area contributed by atoms with Crippen LogP contribution >= 0.6 is 11.6 Å². The van der Waals surface area contributed by atoms with Gasteiger partial charge in [-0.25, -0.2) is 4.79 Å². The van der Waals surface area contributed by atoms with Crippen LogP contribution in [0.1, 0.15) is 23.2 Å². The molecule has 1 unspecified atom stereocenters. The number of benzene rings is 1. The maximum Gasteiger partial charge on any atom is 0.342 e. The Morgan fingerprint density at radius 3 is 2.62 bits per heavy atom. The molecule has 0 aromatic heterocycles. The van der Waals surface area contributed by atoms with Gasteiger partial charge in [-0.05, 0) is 18.6 Å². The Bertz CT molecular complexity index is 540. The van der Waals surface area contributed by atoms with Crippen LogP contribution in [0.4, 0.5) is 0 Å². The molecule has 0 aliphatic rings. The number of hydrogen-bond acceptors (Lipinski definition) is 3. The molecular formula is C16H21ClO3Si. The van der Waals surface area contributed by atoms with Crippen molar-refractivity contribution < 1.29 is 14.6 Å². The molecule has 0 aliphatic heterocycles. The summed E-state index contributed by atoms with van der Waals surface area (Å²) < 4.78 is 5.52. The second-order valence-electron chi connectivity index (χ2n) is 5.78. The normalized spacial score (nSPS) is 12.2. The highest BCUT2D eigenvalue weighted by atomic mass is 35.5. The van der Waals surface area contributed by atoms with Gasteiger partial charge < -0.3 is 9.84 Å². The van der Waals surface area contributed by atoms with E-state index in [0.29, 0.717) is 12.3 Å². The van der Waals surface area contributed by atoms with Crippen molar-refractivity contribution in [2.45, 2.75) is 38.2 Å². The summed E-state index contributed by atoms with van der Waals surface area (Å²) >= 11 is 5.62. The third-order valence-corrected chi connectivity index (χ3v) is 4.91. The molecule has 1 aromatic rings. The number of carbonyl (C=O) groups is 1. The lowest BCUT2D eigenvalue weighted by Crippen LogP contribution is -2.40. The monoisotopic (exact) mass is 324 g/mol. The van der Waals surface area contributed by atoms with E-state index in [9.17, 15) is 9.90 Å². The van der Waals surface area contributed by atoms with Gasteiger partial charge in [0.1, 0.15) is 25.1 Å². The Morgan fingerprint density at radius 1 is 1.38 bits per heavy atom. The molecule has 0 heterocycles. The van der Waals surface area contributed by atoms with Gasteiger partial charge in [0.2, 0.25) is 0 Å². The number of halogens is 1. The number of unbranched alkanes of at least 4 members (excludes halogenated alkanes) is 1. The van der Waals surface area contributed by atoms with Gasteiger partial charge in [0.25, 0.3) is 0 Å². The molecule has 114 valence electrons. The van der Waals surface area contributed by atoms with Crippen molar-refractivity contribution in [3.05, 3.63) is 29.8 Å². The topological polar surface area (TPSA) is 46.5 Å². The van der Waals surface area contributed by atoms with Crippen LogP contribution in [-0.2, 0) is 4.74 Å². The van der Waals surface area contributed by atoms with Crippen LogP contribution in [0.3, 0.4) is 0 Å². The predicted octanol–water partition coefficient (Wildman–Crippen LogP) is 3.82. The second-order valence-corrected chi connectivity index (χ2v) is 11.4. The van der Waals surface area contributed by atoms with E-state index in [1.807, 2.05) is 0 Å². The van der Waals surface area contributed by atoms with Gasteiger partial charge >= 0.3 is 5.97 Å². The predicted molar refractivity (Wildman–Crippen MR) is 88.4 cm³/mol. The van der Waals surface area contributed by atoms with Gasteiger partial charge in [-0.2, -0.15) is 0 Å². The molecule has 0 radical (unpaired) electrons. The van der Waals surface area contributed by atoms with Gasteiger partial charge in [0, 0.05) is 12.3 Å². The second kappa shape index (κ2) is 8.11. The van der Waals surface area contributed by atoms with E-state index in [-0.39, 0.29) is 11.3 Å². The number of phenols is 1. The molecule has 5 heteroatoms. The summed E-state index contributed by atoms with van der Waals surface area (Å²) in [5.41, 5.74) is -0.233. The van der Waals surface area contributed by atoms with Crippen LogP contribution in [0, 0.1) is 11.8 Å². The van der Waals surface area contributed by atoms with Crippen molar-refractivity contribution in [1.82, 2.24) is 0 Å². The number of para-hydroxylation sites is 1. The van der Waals surface area contributed by atoms with Gasteiger partial charge in [-0.15, -0.1) is 11.6 Å². The van der Waals surface area contributed by atoms with Crippen LogP contribution in [-0.4, -0.2) is 30.8 Å². The summed E-state index contributed by atoms with van der Waals surface area (Å²) in [6.45, 7) is 6.27. The molecule has 21 heavy (non-hydrogen) atoms. The summed E-state index contributed by atoms with van der Waals surface area (Å²) in [6, 6.07) is 6.35. The molecule has 1 rings (SSSR count). The number of ether oxygens (including phenoxy) is 1. The first kappa shape index (κ1) is 17.6. The van der Waals surface area contributed by atoms with E-state index in [1.165, 1.54) is 6.07 Å². The fraction of sp³-hybridized carbons (Fsp3) is 0.438. The van der Waals surface area contributed by atoms with Gasteiger partial charge in [0.15, 0.2) is 0 Å². The minimum absolute atomic E-state index is 0.0769. The summed E-state index contributed by atoms with van der Waals surface area (Å²) in [5.74, 6) is 6.03. The molecule has 0 aliphatic carbocycles. The molecule has 1 aromatic carbocycles. The minimum Gasteiger partial charge on any atom is -0.507 e. The molecule has 3 nitrogen and oxygen atoms in total. The Hall–Kier alpha value is -1.44. The SMILES string of the molecule is C[Si](C)(C)C(C#CCCCCl)OC(=O)c1ccccc1O. The molecule has 0 spiro atoms. The summed E-state index contributed by atoms with van der Waals surface area (Å²) in [4.78, 5) is 12.2. The number of rotatable bonds is 5. The zero-order valence-corrected chi connectivity index (χ0v) is 14.4. The number of esters is 1. The first-order valence-corrected chi connectivity index (χ1v) is 11.0. The Kier molecular flexibility index (Phi) is 6.80. The van der Waals surface area contributed by atoms with Crippen molar-refractivity contribution in [1.29, 1.82) is 0 Å². The van der Waals surface area contributed by atoms with Crippen LogP contribution in [0.5, 0.6) is 5.75 Å². The van der Waals surface area contributed by atoms with Crippen LogP contribution in [0.2, 0.25) is 19.6 Å². The smallest absolute Gasteiger partial charge is 0.342 e. The summed E-state index contributed by atoms with van der Waals surface area (Å²) in [5, 5.41) is 9.70. The summed E-state index contributed by atoms with van der Waals surface area (Å²) in [7, 11) is -1.79. The van der Waals surface area contributed by atoms with Crippen LogP contribution < -0.4 is 0 Å². The molecule has 0 amide bonds. The Labute approximate surface area is 132 Å². The van der Waals surface area contributed by atoms with Gasteiger partial charge in [0.05, 0.1) is 0 Å². The standard InChI is InChI=1S/C16H21ClO3Si/c1-21(2,3)15(11-5-4-8-12-17)20-16(19)13-9-6-7-10-14(13)18/h6-7,9-10,15,18H,4,8,12H2,1-3H3. The van der Waals surface area contributed by atoms with Crippen LogP contribution in [0.25, 0.3) is 0 Å². The highest BCUT2D eigenvalue weighted by Crippen LogP contribution is 2.19. The number of alkyl halides is 1. The Morgan fingerprint density at radius 2 is 2.05 bits per heavy atom. The van der Waals surface area contributed by atoms with Gasteiger partial charge in [-0.3, -0.25) is 0 Å². The van der Waals surface area contributed by atoms with Crippen molar-refractivity contribution in [2.24, 2.45) is 0 Å². The van der Waals surface area contributed by atoms with E-state index in [2.05, 4.69) is 31.5 Å². The quantitative estimate of drug-likeness (QED) is 0.294. The van der Waals surface area contributed by atoms with Crippen molar-refractivity contribution in [3.63, 3.8) is 0 Å². The zero-order valence-electron chi connectivity index (χ0n) is 12.6. The highest BCUT2D eigenvalue weighted by molar-refractivity contribution is 6.78. The molecule has 0 fully saturated rings. The van der Waals surface area contributed by atoms with E-state index in [1.54, 1.807) is 18.2 Å². The van der Waals surface area contributed by atoms with E-state index in [0.717, 1.165) is 6.42 Å². The lowest BCUT2D eigenvalue weighted by molar-refractivity contribution is 0.0496. The molecule has 1 N–H and O–H groups in total. The first-order valence-electron chi connectivity index (χ1n) is 6.89. The maximum absolute atomic E-state index is 12.2. The fourth-order valence-electron chi connectivity index (χ4n) is 1.56. The molecule has 0 saturated carbocycles. The van der Waals surface area contributed by atoms with Crippen molar-refractivity contribution >= 4 is 25.6 Å². The minimum atomic E-state index is -1.79. The molecular weight excluding hydrogens is 304 g/mol. The molecule has 0 saturated heterocycles. The van der Waals surface area contributed by atoms with Crippen molar-refractivity contribution in [2.75, 3.05) is 5.88 Å². The van der Waals surface area contributed by atoms with E-state index < -0.39 is 19.8 Å². The van der Waals surface area contributed by atoms with Crippen LogP contribution in [0.15, 0.2) is 24.3 Å².